The van der Waals surface area contributed by atoms with E-state index in [4.69, 9.17) is 17.0 Å². The van der Waals surface area contributed by atoms with E-state index in [1.165, 1.54) is 11.8 Å². The lowest BCUT2D eigenvalue weighted by atomic mass is 10.0. The smallest absolute Gasteiger partial charge is 0.270 e. The van der Waals surface area contributed by atoms with Gasteiger partial charge in [0.25, 0.3) is 11.5 Å². The molecule has 200 valence electrons. The molecule has 0 radical (unpaired) electrons. The van der Waals surface area contributed by atoms with Gasteiger partial charge in [-0.15, -0.1) is 0 Å². The highest BCUT2D eigenvalue weighted by atomic mass is 32.2. The molecule has 4 rings (SSSR count). The summed E-state index contributed by atoms with van der Waals surface area (Å²) < 4.78 is 7.43. The lowest BCUT2D eigenvalue weighted by molar-refractivity contribution is -0.122. The van der Waals surface area contributed by atoms with Gasteiger partial charge in [-0.25, -0.2) is 0 Å². The molecule has 0 spiro atoms. The summed E-state index contributed by atoms with van der Waals surface area (Å²) in [7, 11) is 1.61. The molecule has 2 aliphatic heterocycles. The number of methoxy groups -OCH3 is 1. The molecule has 2 aliphatic rings. The van der Waals surface area contributed by atoms with E-state index in [-0.39, 0.29) is 17.0 Å². The Hall–Kier alpha value is -3.13. The highest BCUT2D eigenvalue weighted by Gasteiger charge is 2.33. The van der Waals surface area contributed by atoms with Gasteiger partial charge in [-0.2, -0.15) is 5.26 Å². The van der Waals surface area contributed by atoms with E-state index in [2.05, 4.69) is 22.8 Å². The van der Waals surface area contributed by atoms with Crippen molar-refractivity contribution in [2.24, 2.45) is 0 Å². The minimum absolute atomic E-state index is 0.120. The first-order valence-corrected chi connectivity index (χ1v) is 14.1. The molecule has 0 N–H and O–H groups in total. The maximum Gasteiger partial charge on any atom is 0.270 e. The quantitative estimate of drug-likeness (QED) is 0.360. The van der Waals surface area contributed by atoms with E-state index in [0.717, 1.165) is 61.8 Å². The Morgan fingerprint density at radius 1 is 1.13 bits per heavy atom. The van der Waals surface area contributed by atoms with Gasteiger partial charge < -0.3 is 14.5 Å². The predicted octanol–water partition coefficient (Wildman–Crippen LogP) is 3.99. The van der Waals surface area contributed by atoms with E-state index in [1.807, 2.05) is 37.3 Å². The zero-order chi connectivity index (χ0) is 27.4. The number of thiocarbonyl (C=S) groups is 1. The third kappa shape index (κ3) is 5.51. The summed E-state index contributed by atoms with van der Waals surface area (Å²) in [5, 5.41) is 9.87. The summed E-state index contributed by atoms with van der Waals surface area (Å²) in [5.74, 6) is 1.35. The zero-order valence-corrected chi connectivity index (χ0v) is 24.0. The molecule has 0 bridgehead atoms. The molecule has 38 heavy (non-hydrogen) atoms. The average molecular weight is 552 g/mol. The van der Waals surface area contributed by atoms with Crippen LogP contribution in [-0.2, 0) is 17.9 Å². The first-order chi connectivity index (χ1) is 18.3. The molecule has 0 atom stereocenters. The van der Waals surface area contributed by atoms with Crippen molar-refractivity contribution in [3.05, 3.63) is 61.8 Å². The molecule has 0 aliphatic carbocycles. The summed E-state index contributed by atoms with van der Waals surface area (Å²) in [6, 6.07) is 9.67. The molecule has 8 nitrogen and oxygen atoms in total. The average Bonchev–Trinajstić information content (AvgIpc) is 3.19. The lowest BCUT2D eigenvalue weighted by Gasteiger charge is -2.37. The number of likely N-dealkylation sites (N-methyl/N-ethyl adjacent to an activating group) is 1. The summed E-state index contributed by atoms with van der Waals surface area (Å²) in [6.45, 7) is 11.1. The van der Waals surface area contributed by atoms with Crippen LogP contribution in [-0.4, -0.2) is 64.4 Å². The van der Waals surface area contributed by atoms with Crippen molar-refractivity contribution < 1.29 is 9.53 Å². The second-order valence-electron chi connectivity index (χ2n) is 9.34. The number of nitrogens with zero attached hydrogens (tertiary/aromatic N) is 5. The fourth-order valence-electron chi connectivity index (χ4n) is 4.87. The normalized spacial score (nSPS) is 17.4. The predicted molar refractivity (Wildman–Crippen MR) is 156 cm³/mol. The number of carbonyl (C=O) groups excluding carboxylic acids is 1. The molecule has 2 saturated heterocycles. The molecular weight excluding hydrogens is 518 g/mol. The van der Waals surface area contributed by atoms with Crippen LogP contribution in [0.15, 0.2) is 34.0 Å². The molecule has 0 saturated carbocycles. The van der Waals surface area contributed by atoms with Gasteiger partial charge in [0.1, 0.15) is 27.5 Å². The molecule has 0 unspecified atom stereocenters. The first kappa shape index (κ1) is 27.9. The van der Waals surface area contributed by atoms with Crippen LogP contribution in [0.1, 0.15) is 42.5 Å². The van der Waals surface area contributed by atoms with Crippen molar-refractivity contribution in [1.82, 2.24) is 14.4 Å². The van der Waals surface area contributed by atoms with Crippen LogP contribution in [0, 0.1) is 18.3 Å². The molecule has 3 heterocycles. The van der Waals surface area contributed by atoms with Crippen LogP contribution in [0.25, 0.3) is 6.08 Å². The number of anilines is 1. The summed E-state index contributed by atoms with van der Waals surface area (Å²) in [4.78, 5) is 33.6. The molecule has 10 heteroatoms. The summed E-state index contributed by atoms with van der Waals surface area (Å²) in [6.07, 6.45) is 2.58. The number of piperazine rings is 1. The van der Waals surface area contributed by atoms with Gasteiger partial charge in [0, 0.05) is 38.3 Å². The number of benzene rings is 1. The second-order valence-corrected chi connectivity index (χ2v) is 11.0. The maximum absolute atomic E-state index is 13.5. The van der Waals surface area contributed by atoms with Crippen LogP contribution >= 0.6 is 24.0 Å². The topological polar surface area (TPSA) is 81.8 Å². The number of hydrogen-bond acceptors (Lipinski definition) is 8. The van der Waals surface area contributed by atoms with E-state index in [9.17, 15) is 14.9 Å². The van der Waals surface area contributed by atoms with Crippen molar-refractivity contribution in [3.63, 3.8) is 0 Å². The van der Waals surface area contributed by atoms with Crippen molar-refractivity contribution in [1.29, 1.82) is 5.26 Å². The van der Waals surface area contributed by atoms with Crippen LogP contribution in [0.4, 0.5) is 5.82 Å². The highest BCUT2D eigenvalue weighted by molar-refractivity contribution is 8.26. The monoisotopic (exact) mass is 551 g/mol. The number of amides is 1. The first-order valence-electron chi connectivity index (χ1n) is 12.9. The van der Waals surface area contributed by atoms with Crippen molar-refractivity contribution >= 4 is 46.1 Å². The Kier molecular flexibility index (Phi) is 8.92. The highest BCUT2D eigenvalue weighted by Crippen LogP contribution is 2.37. The van der Waals surface area contributed by atoms with Gasteiger partial charge >= 0.3 is 0 Å². The van der Waals surface area contributed by atoms with Gasteiger partial charge in [-0.05, 0) is 49.2 Å². The molecular formula is C28H33N5O3S2. The number of ether oxygens (including phenoxy) is 1. The second kappa shape index (κ2) is 12.2. The molecule has 2 aromatic rings. The Labute approximate surface area is 233 Å². The minimum Gasteiger partial charge on any atom is -0.497 e. The zero-order valence-electron chi connectivity index (χ0n) is 22.3. The Morgan fingerprint density at radius 2 is 1.82 bits per heavy atom. The fourth-order valence-corrected chi connectivity index (χ4v) is 6.11. The van der Waals surface area contributed by atoms with E-state index >= 15 is 0 Å². The maximum atomic E-state index is 13.5. The molecule has 1 amide bonds. The van der Waals surface area contributed by atoms with Gasteiger partial charge in [-0.3, -0.25) is 19.1 Å². The summed E-state index contributed by atoms with van der Waals surface area (Å²) >= 11 is 6.85. The number of pyridine rings is 1. The number of carbonyl (C=O) groups is 1. The van der Waals surface area contributed by atoms with Crippen LogP contribution in [0.2, 0.25) is 0 Å². The van der Waals surface area contributed by atoms with E-state index in [1.54, 1.807) is 23.5 Å². The van der Waals surface area contributed by atoms with Gasteiger partial charge in [0.05, 0.1) is 18.6 Å². The Bertz CT molecular complexity index is 1350. The van der Waals surface area contributed by atoms with Crippen LogP contribution in [0.3, 0.4) is 0 Å². The standard InChI is InChI=1S/C28H33N5O3S2/c1-5-11-32-25(31-14-12-30(6-2)13-15-31)22(19(3)23(17-29)26(32)34)16-24-27(35)33(28(37)38-24)18-20-7-9-21(36-4)10-8-20/h7-10,16H,5-6,11-15,18H2,1-4H3. The molecule has 2 fully saturated rings. The van der Waals surface area contributed by atoms with Crippen molar-refractivity contribution in [2.45, 2.75) is 40.3 Å². The fraction of sp³-hybridized carbons (Fsp3) is 0.429. The largest absolute Gasteiger partial charge is 0.497 e. The van der Waals surface area contributed by atoms with Gasteiger partial charge in [0.15, 0.2) is 0 Å². The molecule has 1 aromatic heterocycles. The Morgan fingerprint density at radius 3 is 2.39 bits per heavy atom. The molecule has 1 aromatic carbocycles. The number of aromatic nitrogens is 1. The number of hydrogen-bond donors (Lipinski definition) is 0. The third-order valence-corrected chi connectivity index (χ3v) is 8.44. The van der Waals surface area contributed by atoms with Crippen molar-refractivity contribution in [3.8, 4) is 11.8 Å². The lowest BCUT2D eigenvalue weighted by Crippen LogP contribution is -2.48. The van der Waals surface area contributed by atoms with Gasteiger partial charge in [-0.1, -0.05) is 50.0 Å². The van der Waals surface area contributed by atoms with Crippen LogP contribution in [0.5, 0.6) is 5.75 Å². The summed E-state index contributed by atoms with van der Waals surface area (Å²) in [5.41, 5.74) is 2.12. The minimum atomic E-state index is -0.274. The van der Waals surface area contributed by atoms with E-state index < -0.39 is 0 Å². The van der Waals surface area contributed by atoms with Gasteiger partial charge in [0.2, 0.25) is 0 Å². The van der Waals surface area contributed by atoms with E-state index in [0.29, 0.717) is 27.9 Å². The number of thioether (sulfide) groups is 1. The number of rotatable bonds is 8. The SMILES string of the molecule is CCCn1c(N2CCN(CC)CC2)c(C=C2SC(=S)N(Cc3ccc(OC)cc3)C2=O)c(C)c(C#N)c1=O. The van der Waals surface area contributed by atoms with Crippen LogP contribution < -0.4 is 15.2 Å². The Balaban J connectivity index is 1.76. The van der Waals surface area contributed by atoms with Crippen molar-refractivity contribution in [2.75, 3.05) is 44.7 Å². The number of nitriles is 1. The third-order valence-electron chi connectivity index (χ3n) is 7.06.